The van der Waals surface area contributed by atoms with Gasteiger partial charge >= 0.3 is 29.6 Å². The molecule has 1 aromatic rings. The van der Waals surface area contributed by atoms with Gasteiger partial charge in [0, 0.05) is 0 Å². The summed E-state index contributed by atoms with van der Waals surface area (Å²) in [4.78, 5) is -0.0491. The first-order valence-electron chi connectivity index (χ1n) is 7.52. The van der Waals surface area contributed by atoms with Crippen molar-refractivity contribution in [3.63, 3.8) is 0 Å². The summed E-state index contributed by atoms with van der Waals surface area (Å²) in [5, 5.41) is 0. The van der Waals surface area contributed by atoms with Crippen molar-refractivity contribution in [2.24, 2.45) is 5.92 Å². The fourth-order valence-corrected chi connectivity index (χ4v) is 3.26. The molecule has 0 bridgehead atoms. The first-order chi connectivity index (χ1) is 9.49. The Labute approximate surface area is 151 Å². The van der Waals surface area contributed by atoms with Crippen molar-refractivity contribution in [2.45, 2.75) is 63.7 Å². The standard InChI is InChI=1S/C16H26O3S.Na/c1-3-5-6-7-10-14(4-2)13-15-11-8-9-12-16(15)20(17,18)19;/h8-9,11-12,14H,3-7,10,13H2,1-2H3,(H,17,18,19);/q;+1/p-1. The van der Waals surface area contributed by atoms with E-state index in [1.165, 1.54) is 31.7 Å². The molecule has 0 saturated carbocycles. The molecule has 0 aromatic heterocycles. The molecule has 0 spiro atoms. The summed E-state index contributed by atoms with van der Waals surface area (Å²) in [7, 11) is -4.37. The maximum absolute atomic E-state index is 11.3. The monoisotopic (exact) mass is 320 g/mol. The van der Waals surface area contributed by atoms with E-state index in [4.69, 9.17) is 0 Å². The Kier molecular flexibility index (Phi) is 10.9. The first-order valence-corrected chi connectivity index (χ1v) is 8.93. The normalized spacial score (nSPS) is 12.7. The summed E-state index contributed by atoms with van der Waals surface area (Å²) in [5.41, 5.74) is 0.671. The summed E-state index contributed by atoms with van der Waals surface area (Å²) in [5.74, 6) is 0.453. The molecule has 0 aliphatic rings. The van der Waals surface area contributed by atoms with Crippen molar-refractivity contribution in [3.8, 4) is 0 Å². The van der Waals surface area contributed by atoms with E-state index in [9.17, 15) is 13.0 Å². The summed E-state index contributed by atoms with van der Waals surface area (Å²) in [6, 6.07) is 6.59. The van der Waals surface area contributed by atoms with Crippen LogP contribution in [0.2, 0.25) is 0 Å². The van der Waals surface area contributed by atoms with E-state index in [1.54, 1.807) is 18.2 Å². The zero-order valence-electron chi connectivity index (χ0n) is 13.5. The van der Waals surface area contributed by atoms with Crippen LogP contribution in [-0.4, -0.2) is 13.0 Å². The van der Waals surface area contributed by atoms with Crippen molar-refractivity contribution in [3.05, 3.63) is 29.8 Å². The molecular weight excluding hydrogens is 295 g/mol. The van der Waals surface area contributed by atoms with Crippen LogP contribution in [0, 0.1) is 5.92 Å². The Hall–Kier alpha value is 0.130. The van der Waals surface area contributed by atoms with Crippen molar-refractivity contribution in [2.75, 3.05) is 0 Å². The molecule has 0 fully saturated rings. The molecule has 1 unspecified atom stereocenters. The van der Waals surface area contributed by atoms with Gasteiger partial charge in [0.2, 0.25) is 0 Å². The van der Waals surface area contributed by atoms with Crippen molar-refractivity contribution >= 4 is 10.1 Å². The van der Waals surface area contributed by atoms with Gasteiger partial charge in [0.05, 0.1) is 4.90 Å². The third kappa shape index (κ3) is 7.80. The Bertz CT molecular complexity index is 500. The topological polar surface area (TPSA) is 57.2 Å². The van der Waals surface area contributed by atoms with Crippen LogP contribution in [0.15, 0.2) is 29.2 Å². The molecule has 0 aliphatic heterocycles. The van der Waals surface area contributed by atoms with Gasteiger partial charge in [-0.1, -0.05) is 70.6 Å². The van der Waals surface area contributed by atoms with Crippen LogP contribution < -0.4 is 29.6 Å². The molecule has 1 aromatic carbocycles. The van der Waals surface area contributed by atoms with Gasteiger partial charge in [-0.25, -0.2) is 8.42 Å². The van der Waals surface area contributed by atoms with Crippen LogP contribution in [-0.2, 0) is 16.5 Å². The number of rotatable bonds is 9. The Morgan fingerprint density at radius 3 is 2.33 bits per heavy atom. The number of hydrogen-bond acceptors (Lipinski definition) is 3. The Morgan fingerprint density at radius 2 is 1.76 bits per heavy atom. The summed E-state index contributed by atoms with van der Waals surface area (Å²) < 4.78 is 33.8. The van der Waals surface area contributed by atoms with E-state index < -0.39 is 10.1 Å². The van der Waals surface area contributed by atoms with E-state index in [0.29, 0.717) is 17.9 Å². The smallest absolute Gasteiger partial charge is 0.744 e. The maximum Gasteiger partial charge on any atom is 1.00 e. The van der Waals surface area contributed by atoms with Gasteiger partial charge in [0.1, 0.15) is 10.1 Å². The van der Waals surface area contributed by atoms with E-state index in [-0.39, 0.29) is 34.5 Å². The second kappa shape index (κ2) is 10.8. The second-order valence-corrected chi connectivity index (χ2v) is 6.74. The Balaban J connectivity index is 0.00000400. The van der Waals surface area contributed by atoms with Crippen molar-refractivity contribution in [1.82, 2.24) is 0 Å². The largest absolute Gasteiger partial charge is 1.00 e. The van der Waals surface area contributed by atoms with E-state index in [0.717, 1.165) is 12.8 Å². The molecule has 5 heteroatoms. The molecule has 1 atom stereocenters. The number of benzene rings is 1. The first kappa shape index (κ1) is 21.1. The summed E-state index contributed by atoms with van der Waals surface area (Å²) in [6.45, 7) is 4.31. The molecule has 21 heavy (non-hydrogen) atoms. The molecule has 0 N–H and O–H groups in total. The van der Waals surface area contributed by atoms with Gasteiger partial charge in [0.15, 0.2) is 0 Å². The molecule has 0 aliphatic carbocycles. The van der Waals surface area contributed by atoms with E-state index in [1.807, 2.05) is 0 Å². The number of hydrogen-bond donors (Lipinski definition) is 0. The molecule has 0 amide bonds. The molecule has 114 valence electrons. The average Bonchev–Trinajstić information content (AvgIpc) is 2.41. The molecule has 1 rings (SSSR count). The maximum atomic E-state index is 11.3. The summed E-state index contributed by atoms with van der Waals surface area (Å²) >= 11 is 0. The fraction of sp³-hybridized carbons (Fsp3) is 0.625. The molecule has 0 heterocycles. The second-order valence-electron chi connectivity index (χ2n) is 5.39. The zero-order valence-corrected chi connectivity index (χ0v) is 16.3. The van der Waals surface area contributed by atoms with Crippen LogP contribution in [0.5, 0.6) is 0 Å². The zero-order chi connectivity index (χ0) is 15.0. The minimum absolute atomic E-state index is 0. The molecule has 3 nitrogen and oxygen atoms in total. The third-order valence-corrected chi connectivity index (χ3v) is 4.73. The quantitative estimate of drug-likeness (QED) is 0.389. The van der Waals surface area contributed by atoms with Gasteiger partial charge in [-0.2, -0.15) is 0 Å². The molecule has 0 radical (unpaired) electrons. The SMILES string of the molecule is CCCCCCC(CC)Cc1ccccc1S(=O)(=O)[O-].[Na+]. The van der Waals surface area contributed by atoms with Gasteiger partial charge < -0.3 is 4.55 Å². The predicted molar refractivity (Wildman–Crippen MR) is 80.6 cm³/mol. The van der Waals surface area contributed by atoms with Crippen LogP contribution in [0.1, 0.15) is 57.9 Å². The Morgan fingerprint density at radius 1 is 1.10 bits per heavy atom. The van der Waals surface area contributed by atoms with Gasteiger partial charge in [-0.15, -0.1) is 0 Å². The minimum Gasteiger partial charge on any atom is -0.744 e. The van der Waals surface area contributed by atoms with Crippen LogP contribution in [0.4, 0.5) is 0 Å². The van der Waals surface area contributed by atoms with Crippen LogP contribution in [0.25, 0.3) is 0 Å². The van der Waals surface area contributed by atoms with Crippen LogP contribution >= 0.6 is 0 Å². The summed E-state index contributed by atoms with van der Waals surface area (Å²) in [6.07, 6.45) is 7.67. The van der Waals surface area contributed by atoms with Crippen molar-refractivity contribution < 1.29 is 42.5 Å². The van der Waals surface area contributed by atoms with Crippen molar-refractivity contribution in [1.29, 1.82) is 0 Å². The average molecular weight is 320 g/mol. The van der Waals surface area contributed by atoms with Gasteiger partial charge in [-0.05, 0) is 24.0 Å². The predicted octanol–water partition coefficient (Wildman–Crippen LogP) is 1.13. The van der Waals surface area contributed by atoms with Crippen LogP contribution in [0.3, 0.4) is 0 Å². The molecule has 0 saturated heterocycles. The van der Waals surface area contributed by atoms with E-state index in [2.05, 4.69) is 13.8 Å². The minimum atomic E-state index is -4.37. The van der Waals surface area contributed by atoms with Gasteiger partial charge in [-0.3, -0.25) is 0 Å². The molecular formula is C16H25NaO3S. The fourth-order valence-electron chi connectivity index (χ4n) is 2.54. The number of unbranched alkanes of at least 4 members (excludes halogenated alkanes) is 3. The van der Waals surface area contributed by atoms with E-state index >= 15 is 0 Å². The van der Waals surface area contributed by atoms with Gasteiger partial charge in [0.25, 0.3) is 0 Å². The third-order valence-electron chi connectivity index (χ3n) is 3.79.